The van der Waals surface area contributed by atoms with E-state index in [-0.39, 0.29) is 24.1 Å². The number of rotatable bonds is 1. The topological polar surface area (TPSA) is 58.6 Å². The van der Waals surface area contributed by atoms with Gasteiger partial charge in [0.1, 0.15) is 11.3 Å². The van der Waals surface area contributed by atoms with Crippen molar-refractivity contribution in [2.45, 2.75) is 51.1 Å². The van der Waals surface area contributed by atoms with Crippen LogP contribution in [-0.4, -0.2) is 51.7 Å². The fourth-order valence-electron chi connectivity index (χ4n) is 3.10. The first kappa shape index (κ1) is 16.8. The van der Waals surface area contributed by atoms with Crippen molar-refractivity contribution < 1.29 is 22.7 Å². The highest BCUT2D eigenvalue weighted by atomic mass is 19.4. The Bertz CT molecular complexity index is 644. The highest BCUT2D eigenvalue weighted by Gasteiger charge is 2.47. The Kier molecular flexibility index (Phi) is 3.84. The minimum Gasteiger partial charge on any atom is -0.444 e. The molecule has 0 radical (unpaired) electrons. The summed E-state index contributed by atoms with van der Waals surface area (Å²) in [6, 6.07) is 0.666. The Morgan fingerprint density at radius 2 is 1.96 bits per heavy atom. The zero-order chi connectivity index (χ0) is 17.7. The average molecular weight is 344 g/mol. The summed E-state index contributed by atoms with van der Waals surface area (Å²) in [4.78, 5) is 23.2. The van der Waals surface area contributed by atoms with Crippen LogP contribution >= 0.6 is 0 Å². The van der Waals surface area contributed by atoms with E-state index in [1.54, 1.807) is 30.6 Å². The van der Waals surface area contributed by atoms with Crippen molar-refractivity contribution in [1.82, 2.24) is 14.9 Å². The summed E-state index contributed by atoms with van der Waals surface area (Å²) in [5.74, 6) is 0.0566. The largest absolute Gasteiger partial charge is 0.444 e. The number of hydrogen-bond donors (Lipinski definition) is 0. The van der Waals surface area contributed by atoms with Gasteiger partial charge in [-0.3, -0.25) is 0 Å². The Labute approximate surface area is 137 Å². The van der Waals surface area contributed by atoms with Gasteiger partial charge in [0.25, 0.3) is 0 Å². The SMILES string of the molecule is CC(C)(C)OC(=O)N1C[C@@H]2CC1CN2c1nccc(C(F)(F)F)n1. The van der Waals surface area contributed by atoms with E-state index in [2.05, 4.69) is 9.97 Å². The number of likely N-dealkylation sites (tertiary alicyclic amines) is 1. The van der Waals surface area contributed by atoms with Crippen LogP contribution in [-0.2, 0) is 10.9 Å². The predicted molar refractivity (Wildman–Crippen MR) is 79.5 cm³/mol. The Morgan fingerprint density at radius 1 is 1.25 bits per heavy atom. The molecular formula is C15H19F3N4O2. The number of carbonyl (C=O) groups is 1. The number of halogens is 3. The second-order valence-corrected chi connectivity index (χ2v) is 7.07. The molecule has 1 amide bonds. The van der Waals surface area contributed by atoms with Gasteiger partial charge in [-0.05, 0) is 33.3 Å². The Balaban J connectivity index is 1.71. The van der Waals surface area contributed by atoms with Crippen LogP contribution in [0.1, 0.15) is 32.9 Å². The van der Waals surface area contributed by atoms with Gasteiger partial charge in [-0.1, -0.05) is 0 Å². The molecule has 0 N–H and O–H groups in total. The average Bonchev–Trinajstić information content (AvgIpc) is 3.04. The minimum atomic E-state index is -4.50. The van der Waals surface area contributed by atoms with E-state index in [9.17, 15) is 18.0 Å². The van der Waals surface area contributed by atoms with Crippen molar-refractivity contribution >= 4 is 12.0 Å². The lowest BCUT2D eigenvalue weighted by atomic mass is 10.2. The van der Waals surface area contributed by atoms with Crippen LogP contribution in [0.15, 0.2) is 12.3 Å². The number of anilines is 1. The Morgan fingerprint density at radius 3 is 2.50 bits per heavy atom. The van der Waals surface area contributed by atoms with E-state index in [0.717, 1.165) is 12.3 Å². The molecule has 1 unspecified atom stereocenters. The summed E-state index contributed by atoms with van der Waals surface area (Å²) in [6.45, 7) is 6.19. The molecule has 3 heterocycles. The number of piperazine rings is 1. The molecule has 3 rings (SSSR count). The first-order valence-corrected chi connectivity index (χ1v) is 7.71. The third kappa shape index (κ3) is 3.25. The molecule has 2 aliphatic rings. The van der Waals surface area contributed by atoms with Gasteiger partial charge in [0.05, 0.1) is 12.1 Å². The lowest BCUT2D eigenvalue weighted by Crippen LogP contribution is -2.50. The normalized spacial score (nSPS) is 23.8. The maximum Gasteiger partial charge on any atom is 0.433 e. The molecule has 2 fully saturated rings. The van der Waals surface area contributed by atoms with E-state index in [0.29, 0.717) is 19.5 Å². The summed E-state index contributed by atoms with van der Waals surface area (Å²) in [5.41, 5.74) is -1.54. The van der Waals surface area contributed by atoms with Gasteiger partial charge in [0.2, 0.25) is 5.95 Å². The van der Waals surface area contributed by atoms with Crippen molar-refractivity contribution in [2.75, 3.05) is 18.0 Å². The zero-order valence-corrected chi connectivity index (χ0v) is 13.7. The third-order valence-electron chi connectivity index (χ3n) is 4.06. The highest BCUT2D eigenvalue weighted by Crippen LogP contribution is 2.35. The quantitative estimate of drug-likeness (QED) is 0.784. The monoisotopic (exact) mass is 344 g/mol. The summed E-state index contributed by atoms with van der Waals surface area (Å²) in [6.07, 6.45) is -3.10. The Hall–Kier alpha value is -2.06. The number of nitrogens with zero attached hydrogens (tertiary/aromatic N) is 4. The van der Waals surface area contributed by atoms with Gasteiger partial charge in [0, 0.05) is 19.3 Å². The molecule has 0 saturated carbocycles. The van der Waals surface area contributed by atoms with Crippen LogP contribution in [0.4, 0.5) is 23.9 Å². The molecule has 0 spiro atoms. The molecule has 0 aliphatic carbocycles. The van der Waals surface area contributed by atoms with Crippen LogP contribution < -0.4 is 4.90 Å². The molecule has 6 nitrogen and oxygen atoms in total. The molecule has 1 aromatic rings. The van der Waals surface area contributed by atoms with Crippen LogP contribution in [0.5, 0.6) is 0 Å². The van der Waals surface area contributed by atoms with Crippen LogP contribution in [0.2, 0.25) is 0 Å². The number of aromatic nitrogens is 2. The van der Waals surface area contributed by atoms with Gasteiger partial charge in [-0.25, -0.2) is 14.8 Å². The molecule has 1 aromatic heterocycles. The lowest BCUT2D eigenvalue weighted by molar-refractivity contribution is -0.141. The van der Waals surface area contributed by atoms with Crippen LogP contribution in [0, 0.1) is 0 Å². The van der Waals surface area contributed by atoms with Crippen LogP contribution in [0.3, 0.4) is 0 Å². The van der Waals surface area contributed by atoms with Crippen molar-refractivity contribution in [2.24, 2.45) is 0 Å². The molecule has 2 atom stereocenters. The molecule has 2 bridgehead atoms. The molecule has 9 heteroatoms. The van der Waals surface area contributed by atoms with Gasteiger partial charge in [-0.15, -0.1) is 0 Å². The first-order valence-electron chi connectivity index (χ1n) is 7.71. The van der Waals surface area contributed by atoms with Crippen molar-refractivity contribution in [3.63, 3.8) is 0 Å². The standard InChI is InChI=1S/C15H19F3N4O2/c1-14(2,3)24-13(23)22-8-9-6-10(22)7-21(9)12-19-5-4-11(20-12)15(16,17)18/h4-5,9-10H,6-8H2,1-3H3/t9-,10?/m0/s1. The first-order chi connectivity index (χ1) is 11.0. The number of amides is 1. The van der Waals surface area contributed by atoms with Crippen LogP contribution in [0.25, 0.3) is 0 Å². The lowest BCUT2D eigenvalue weighted by Gasteiger charge is -2.35. The van der Waals surface area contributed by atoms with E-state index >= 15 is 0 Å². The zero-order valence-electron chi connectivity index (χ0n) is 13.7. The smallest absolute Gasteiger partial charge is 0.433 e. The van der Waals surface area contributed by atoms with Gasteiger partial charge >= 0.3 is 12.3 Å². The van der Waals surface area contributed by atoms with E-state index in [1.165, 1.54) is 0 Å². The predicted octanol–water partition coefficient (Wildman–Crippen LogP) is 2.69. The number of hydrogen-bond acceptors (Lipinski definition) is 5. The van der Waals surface area contributed by atoms with E-state index < -0.39 is 17.5 Å². The third-order valence-corrected chi connectivity index (χ3v) is 4.06. The van der Waals surface area contributed by atoms with Gasteiger partial charge in [-0.2, -0.15) is 13.2 Å². The number of ether oxygens (including phenoxy) is 1. The second kappa shape index (κ2) is 5.49. The molecule has 132 valence electrons. The van der Waals surface area contributed by atoms with E-state index in [1.807, 2.05) is 0 Å². The molecule has 2 saturated heterocycles. The summed E-state index contributed by atoms with van der Waals surface area (Å²) >= 11 is 0. The van der Waals surface area contributed by atoms with Gasteiger partial charge in [0.15, 0.2) is 0 Å². The van der Waals surface area contributed by atoms with Crippen molar-refractivity contribution in [3.05, 3.63) is 18.0 Å². The molecular weight excluding hydrogens is 325 g/mol. The number of fused-ring (bicyclic) bond motifs is 2. The molecule has 0 aromatic carbocycles. The van der Waals surface area contributed by atoms with Crippen molar-refractivity contribution in [3.8, 4) is 0 Å². The minimum absolute atomic E-state index is 0.0566. The summed E-state index contributed by atoms with van der Waals surface area (Å²) in [7, 11) is 0. The van der Waals surface area contributed by atoms with E-state index in [4.69, 9.17) is 4.74 Å². The summed E-state index contributed by atoms with van der Waals surface area (Å²) in [5, 5.41) is 0. The number of alkyl halides is 3. The van der Waals surface area contributed by atoms with Crippen molar-refractivity contribution in [1.29, 1.82) is 0 Å². The van der Waals surface area contributed by atoms with Gasteiger partial charge < -0.3 is 14.5 Å². The second-order valence-electron chi connectivity index (χ2n) is 7.07. The molecule has 24 heavy (non-hydrogen) atoms. The maximum absolute atomic E-state index is 12.8. The fourth-order valence-corrected chi connectivity index (χ4v) is 3.10. The summed E-state index contributed by atoms with van der Waals surface area (Å²) < 4.78 is 43.7. The molecule has 2 aliphatic heterocycles. The number of carbonyl (C=O) groups excluding carboxylic acids is 1. The highest BCUT2D eigenvalue weighted by molar-refractivity contribution is 5.70. The maximum atomic E-state index is 12.8. The fraction of sp³-hybridized carbons (Fsp3) is 0.667.